The van der Waals surface area contributed by atoms with Gasteiger partial charge >= 0.3 is 6.03 Å². The molecule has 2 aliphatic rings. The minimum atomic E-state index is -0.841. The van der Waals surface area contributed by atoms with Crippen LogP contribution in [0.5, 0.6) is 5.75 Å². The lowest BCUT2D eigenvalue weighted by Crippen LogP contribution is -2.48. The highest BCUT2D eigenvalue weighted by molar-refractivity contribution is 6.10. The van der Waals surface area contributed by atoms with Crippen LogP contribution in [0.3, 0.4) is 0 Å². The number of benzene rings is 2. The first kappa shape index (κ1) is 21.4. The Hall–Kier alpha value is -3.86. The van der Waals surface area contributed by atoms with Crippen molar-refractivity contribution in [2.75, 3.05) is 11.9 Å². The zero-order chi connectivity index (χ0) is 22.6. The van der Waals surface area contributed by atoms with Crippen LogP contribution in [0.15, 0.2) is 48.5 Å². The van der Waals surface area contributed by atoms with Gasteiger partial charge in [-0.25, -0.2) is 4.79 Å². The van der Waals surface area contributed by atoms with Crippen molar-refractivity contribution >= 4 is 23.5 Å². The van der Waals surface area contributed by atoms with Crippen LogP contribution < -0.4 is 15.4 Å². The van der Waals surface area contributed by atoms with Crippen LogP contribution in [-0.2, 0) is 16.2 Å². The van der Waals surface area contributed by atoms with Crippen molar-refractivity contribution in [2.45, 2.75) is 44.2 Å². The van der Waals surface area contributed by atoms with Crippen molar-refractivity contribution in [2.24, 2.45) is 0 Å². The molecule has 1 spiro atoms. The summed E-state index contributed by atoms with van der Waals surface area (Å²) >= 11 is 0. The summed E-state index contributed by atoms with van der Waals surface area (Å²) in [5, 5.41) is 14.5. The Kier molecular flexibility index (Phi) is 6.08. The first-order valence-corrected chi connectivity index (χ1v) is 10.6. The summed E-state index contributed by atoms with van der Waals surface area (Å²) in [6, 6.07) is 15.6. The molecule has 4 rings (SSSR count). The van der Waals surface area contributed by atoms with Gasteiger partial charge in [0.05, 0.1) is 11.6 Å². The Morgan fingerprint density at radius 2 is 1.91 bits per heavy atom. The maximum absolute atomic E-state index is 12.8. The minimum Gasteiger partial charge on any atom is -0.489 e. The van der Waals surface area contributed by atoms with Gasteiger partial charge in [0.15, 0.2) is 0 Å². The van der Waals surface area contributed by atoms with Crippen molar-refractivity contribution in [1.29, 1.82) is 5.26 Å². The molecule has 0 aromatic heterocycles. The van der Waals surface area contributed by atoms with E-state index in [4.69, 9.17) is 10.00 Å². The summed E-state index contributed by atoms with van der Waals surface area (Å²) in [7, 11) is 0. The summed E-state index contributed by atoms with van der Waals surface area (Å²) in [6.45, 7) is -0.0596. The standard InChI is InChI=1S/C24H24N4O4/c25-14-17-6-4-7-18(12-17)16-32-20-9-5-8-19(13-20)26-21(29)15-28-22(30)24(27-23(28)31)10-2-1-3-11-24/h4-9,12-13H,1-3,10-11,15-16H2,(H,26,29)(H,27,31). The molecular weight excluding hydrogens is 408 g/mol. The van der Waals surface area contributed by atoms with Gasteiger partial charge < -0.3 is 15.4 Å². The monoisotopic (exact) mass is 432 g/mol. The van der Waals surface area contributed by atoms with E-state index in [1.165, 1.54) is 0 Å². The van der Waals surface area contributed by atoms with Crippen molar-refractivity contribution in [3.8, 4) is 11.8 Å². The fourth-order valence-corrected chi connectivity index (χ4v) is 4.22. The number of nitrogens with one attached hydrogen (secondary N) is 2. The molecule has 8 nitrogen and oxygen atoms in total. The van der Waals surface area contributed by atoms with Gasteiger partial charge in [0.1, 0.15) is 24.4 Å². The maximum atomic E-state index is 12.8. The molecule has 32 heavy (non-hydrogen) atoms. The van der Waals surface area contributed by atoms with Gasteiger partial charge in [-0.05, 0) is 42.7 Å². The highest BCUT2D eigenvalue weighted by Gasteiger charge is 2.51. The molecule has 2 N–H and O–H groups in total. The minimum absolute atomic E-state index is 0.275. The molecule has 4 amide bonds. The number of amides is 4. The summed E-state index contributed by atoms with van der Waals surface area (Å²) in [6.07, 6.45) is 4.06. The average Bonchev–Trinajstić information content (AvgIpc) is 3.02. The fourth-order valence-electron chi connectivity index (χ4n) is 4.22. The number of ether oxygens (including phenoxy) is 1. The zero-order valence-electron chi connectivity index (χ0n) is 17.6. The molecule has 0 bridgehead atoms. The van der Waals surface area contributed by atoms with Gasteiger partial charge in [0.25, 0.3) is 5.91 Å². The molecule has 1 saturated carbocycles. The summed E-state index contributed by atoms with van der Waals surface area (Å²) < 4.78 is 5.77. The Morgan fingerprint density at radius 3 is 2.69 bits per heavy atom. The van der Waals surface area contributed by atoms with Gasteiger partial charge in [-0.1, -0.05) is 37.5 Å². The largest absolute Gasteiger partial charge is 0.489 e. The average molecular weight is 432 g/mol. The van der Waals surface area contributed by atoms with Gasteiger partial charge in [-0.2, -0.15) is 5.26 Å². The Labute approximate surface area is 186 Å². The predicted octanol–water partition coefficient (Wildman–Crippen LogP) is 3.33. The third-order valence-electron chi connectivity index (χ3n) is 5.83. The number of imide groups is 1. The van der Waals surface area contributed by atoms with Gasteiger partial charge in [-0.3, -0.25) is 14.5 Å². The number of nitrogens with zero attached hydrogens (tertiary/aromatic N) is 2. The highest BCUT2D eigenvalue weighted by atomic mass is 16.5. The quantitative estimate of drug-likeness (QED) is 0.680. The van der Waals surface area contributed by atoms with Crippen LogP contribution in [0.1, 0.15) is 43.2 Å². The van der Waals surface area contributed by atoms with E-state index in [9.17, 15) is 14.4 Å². The van der Waals surface area contributed by atoms with E-state index >= 15 is 0 Å². The molecule has 1 aliphatic carbocycles. The molecule has 0 atom stereocenters. The number of urea groups is 1. The SMILES string of the molecule is N#Cc1cccc(COc2cccc(NC(=O)CN3C(=O)NC4(CCCCC4)C3=O)c2)c1. The number of carbonyl (C=O) groups excluding carboxylic acids is 3. The van der Waals surface area contributed by atoms with Gasteiger partial charge in [0.2, 0.25) is 5.91 Å². The van der Waals surface area contributed by atoms with Gasteiger partial charge in [-0.15, -0.1) is 0 Å². The van der Waals surface area contributed by atoms with E-state index in [0.717, 1.165) is 29.7 Å². The van der Waals surface area contributed by atoms with E-state index in [-0.39, 0.29) is 19.1 Å². The normalized spacial score (nSPS) is 17.0. The molecular formula is C24H24N4O4. The second kappa shape index (κ2) is 9.10. The van der Waals surface area contributed by atoms with Crippen LogP contribution in [0.2, 0.25) is 0 Å². The molecule has 0 unspecified atom stereocenters. The lowest BCUT2D eigenvalue weighted by molar-refractivity contribution is -0.134. The van der Waals surface area contributed by atoms with Crippen molar-refractivity contribution in [1.82, 2.24) is 10.2 Å². The highest BCUT2D eigenvalue weighted by Crippen LogP contribution is 2.33. The van der Waals surface area contributed by atoms with E-state index in [2.05, 4.69) is 16.7 Å². The smallest absolute Gasteiger partial charge is 0.325 e. The van der Waals surface area contributed by atoms with Crippen LogP contribution in [-0.4, -0.2) is 34.8 Å². The number of carbonyl (C=O) groups is 3. The van der Waals surface area contributed by atoms with Crippen LogP contribution in [0, 0.1) is 11.3 Å². The van der Waals surface area contributed by atoms with E-state index in [0.29, 0.717) is 29.8 Å². The second-order valence-electron chi connectivity index (χ2n) is 8.14. The first-order valence-electron chi connectivity index (χ1n) is 10.6. The number of hydrogen-bond donors (Lipinski definition) is 2. The molecule has 2 aromatic carbocycles. The molecule has 1 saturated heterocycles. The summed E-state index contributed by atoms with van der Waals surface area (Å²) in [5.41, 5.74) is 1.07. The molecule has 1 heterocycles. The summed E-state index contributed by atoms with van der Waals surface area (Å²) in [5.74, 6) is -0.226. The molecule has 8 heteroatoms. The van der Waals surface area contributed by atoms with Crippen LogP contribution in [0.25, 0.3) is 0 Å². The van der Waals surface area contributed by atoms with Crippen LogP contribution >= 0.6 is 0 Å². The molecule has 0 radical (unpaired) electrons. The lowest BCUT2D eigenvalue weighted by atomic mass is 9.82. The molecule has 2 fully saturated rings. The first-order chi connectivity index (χ1) is 15.5. The number of anilines is 1. The van der Waals surface area contributed by atoms with Crippen molar-refractivity contribution in [3.05, 3.63) is 59.7 Å². The third kappa shape index (κ3) is 4.57. The molecule has 164 valence electrons. The predicted molar refractivity (Wildman–Crippen MR) is 117 cm³/mol. The van der Waals surface area contributed by atoms with E-state index < -0.39 is 17.5 Å². The Morgan fingerprint density at radius 1 is 1.12 bits per heavy atom. The summed E-state index contributed by atoms with van der Waals surface area (Å²) in [4.78, 5) is 38.7. The number of nitriles is 1. The lowest BCUT2D eigenvalue weighted by Gasteiger charge is -2.30. The van der Waals surface area contributed by atoms with Crippen molar-refractivity contribution < 1.29 is 19.1 Å². The Bertz CT molecular complexity index is 1090. The van der Waals surface area contributed by atoms with E-state index in [1.807, 2.05) is 6.07 Å². The number of hydrogen-bond acceptors (Lipinski definition) is 5. The maximum Gasteiger partial charge on any atom is 0.325 e. The third-order valence-corrected chi connectivity index (χ3v) is 5.83. The van der Waals surface area contributed by atoms with Crippen molar-refractivity contribution in [3.63, 3.8) is 0 Å². The molecule has 2 aromatic rings. The number of rotatable bonds is 6. The zero-order valence-corrected chi connectivity index (χ0v) is 17.6. The Balaban J connectivity index is 1.35. The van der Waals surface area contributed by atoms with Gasteiger partial charge in [0, 0.05) is 11.8 Å². The molecule has 1 aliphatic heterocycles. The fraction of sp³-hybridized carbons (Fsp3) is 0.333. The van der Waals surface area contributed by atoms with Crippen LogP contribution in [0.4, 0.5) is 10.5 Å². The van der Waals surface area contributed by atoms with E-state index in [1.54, 1.807) is 42.5 Å². The second-order valence-corrected chi connectivity index (χ2v) is 8.14. The topological polar surface area (TPSA) is 112 Å².